The highest BCUT2D eigenvalue weighted by Crippen LogP contribution is 2.18. The van der Waals surface area contributed by atoms with Gasteiger partial charge < -0.3 is 9.39 Å². The van der Waals surface area contributed by atoms with Crippen molar-refractivity contribution in [2.75, 3.05) is 7.11 Å². The van der Waals surface area contributed by atoms with Crippen LogP contribution in [-0.2, 0) is 4.65 Å². The van der Waals surface area contributed by atoms with Gasteiger partial charge in [0.25, 0.3) is 0 Å². The van der Waals surface area contributed by atoms with Gasteiger partial charge in [-0.2, -0.15) is 0 Å². The van der Waals surface area contributed by atoms with Crippen LogP contribution in [0.5, 0.6) is 5.75 Å². The van der Waals surface area contributed by atoms with E-state index < -0.39 is 0 Å². The number of ketones is 1. The molecule has 0 atom stereocenters. The number of ether oxygens (including phenoxy) is 1. The van der Waals surface area contributed by atoms with Gasteiger partial charge in [0, 0.05) is 17.2 Å². The molecule has 0 N–H and O–H groups in total. The highest BCUT2D eigenvalue weighted by molar-refractivity contribution is 6.27. The van der Waals surface area contributed by atoms with E-state index in [1.165, 1.54) is 6.08 Å². The molecule has 0 saturated heterocycles. The van der Waals surface area contributed by atoms with Gasteiger partial charge in [0.15, 0.2) is 5.78 Å². The van der Waals surface area contributed by atoms with Crippen LogP contribution in [0.3, 0.4) is 0 Å². The number of rotatable bonds is 6. The van der Waals surface area contributed by atoms with Crippen LogP contribution in [0.2, 0.25) is 6.82 Å². The van der Waals surface area contributed by atoms with Gasteiger partial charge >= 0.3 is 7.48 Å². The molecule has 2 rings (SSSR count). The molecule has 0 heterocycles. The maximum Gasteiger partial charge on any atom is 0.336 e. The Morgan fingerprint density at radius 1 is 1.00 bits per heavy atom. The van der Waals surface area contributed by atoms with Crippen LogP contribution in [0, 0.1) is 0 Å². The molecule has 0 bridgehead atoms. The molecule has 0 radical (unpaired) electrons. The predicted molar refractivity (Wildman–Crippen MR) is 85.8 cm³/mol. The van der Waals surface area contributed by atoms with Crippen LogP contribution >= 0.6 is 0 Å². The van der Waals surface area contributed by atoms with Crippen molar-refractivity contribution < 1.29 is 14.2 Å². The van der Waals surface area contributed by atoms with E-state index in [4.69, 9.17) is 9.39 Å². The zero-order valence-corrected chi connectivity index (χ0v) is 12.2. The number of hydrogen-bond acceptors (Lipinski definition) is 3. The van der Waals surface area contributed by atoms with Crippen LogP contribution in [0.1, 0.15) is 15.9 Å². The number of carbonyl (C=O) groups excluding carboxylic acids is 1. The molecule has 106 valence electrons. The summed E-state index contributed by atoms with van der Waals surface area (Å²) in [5.41, 5.74) is 1.49. The summed E-state index contributed by atoms with van der Waals surface area (Å²) < 4.78 is 10.7. The lowest BCUT2D eigenvalue weighted by Gasteiger charge is -2.09. The van der Waals surface area contributed by atoms with Crippen LogP contribution in [-0.4, -0.2) is 20.4 Å². The Labute approximate surface area is 125 Å². The summed E-state index contributed by atoms with van der Waals surface area (Å²) >= 11 is 0. The fraction of sp³-hybridized carbons (Fsp3) is 0.118. The molecule has 0 fully saturated rings. The average molecular weight is 280 g/mol. The van der Waals surface area contributed by atoms with Gasteiger partial charge in [-0.1, -0.05) is 37.2 Å². The molecule has 21 heavy (non-hydrogen) atoms. The maximum absolute atomic E-state index is 12.3. The lowest BCUT2D eigenvalue weighted by Crippen LogP contribution is -2.00. The lowest BCUT2D eigenvalue weighted by molar-refractivity contribution is 0.104. The number of methoxy groups -OCH3 is 1. The van der Waals surface area contributed by atoms with Gasteiger partial charge in [0.1, 0.15) is 11.5 Å². The average Bonchev–Trinajstić information content (AvgIpc) is 2.55. The molecule has 0 spiro atoms. The van der Waals surface area contributed by atoms with Gasteiger partial charge in [-0.3, -0.25) is 4.79 Å². The second-order valence-corrected chi connectivity index (χ2v) is 4.40. The first-order valence-electron chi connectivity index (χ1n) is 6.83. The third-order valence-electron chi connectivity index (χ3n) is 2.99. The van der Waals surface area contributed by atoms with Crippen LogP contribution < -0.4 is 4.74 Å². The van der Waals surface area contributed by atoms with Crippen molar-refractivity contribution in [1.82, 2.24) is 0 Å². The lowest BCUT2D eigenvalue weighted by atomic mass is 10.0. The molecule has 0 aliphatic heterocycles. The van der Waals surface area contributed by atoms with Gasteiger partial charge in [0.2, 0.25) is 0 Å². The zero-order chi connectivity index (χ0) is 15.1. The fourth-order valence-corrected chi connectivity index (χ4v) is 1.92. The van der Waals surface area contributed by atoms with Crippen molar-refractivity contribution in [3.63, 3.8) is 0 Å². The van der Waals surface area contributed by atoms with E-state index >= 15 is 0 Å². The summed E-state index contributed by atoms with van der Waals surface area (Å²) in [5, 5.41) is 0. The molecule has 0 aromatic heterocycles. The van der Waals surface area contributed by atoms with E-state index in [2.05, 4.69) is 0 Å². The van der Waals surface area contributed by atoms with Crippen molar-refractivity contribution in [3.05, 3.63) is 71.8 Å². The molecule has 2 aromatic rings. The largest absolute Gasteiger partial charge is 0.564 e. The van der Waals surface area contributed by atoms with Crippen molar-refractivity contribution >= 4 is 19.0 Å². The first kappa shape index (κ1) is 14.9. The van der Waals surface area contributed by atoms with E-state index in [0.29, 0.717) is 18.8 Å². The second kappa shape index (κ2) is 7.34. The van der Waals surface area contributed by atoms with Crippen LogP contribution in [0.15, 0.2) is 60.7 Å². The molecule has 2 aromatic carbocycles. The fourth-order valence-electron chi connectivity index (χ4n) is 1.92. The smallest absolute Gasteiger partial charge is 0.336 e. The zero-order valence-electron chi connectivity index (χ0n) is 12.2. The molecule has 3 nitrogen and oxygen atoms in total. The Hall–Kier alpha value is -2.49. The van der Waals surface area contributed by atoms with Gasteiger partial charge in [-0.25, -0.2) is 0 Å². The predicted octanol–water partition coefficient (Wildman–Crippen LogP) is 3.34. The minimum Gasteiger partial charge on any atom is -0.564 e. The topological polar surface area (TPSA) is 35.5 Å². The van der Waals surface area contributed by atoms with Crippen molar-refractivity contribution in [2.24, 2.45) is 0 Å². The molecule has 0 amide bonds. The SMILES string of the molecule is CBO/C(=C\C(=O)c1ccc(OC)cc1)c1ccccc1. The summed E-state index contributed by atoms with van der Waals surface area (Å²) in [5.74, 6) is 1.22. The standard InChI is InChI=1S/C17H17BO3/c1-18-21-17(14-6-4-3-5-7-14)12-16(19)13-8-10-15(20-2)11-9-13/h3-12,18H,1-2H3/b17-12-. The van der Waals surface area contributed by atoms with Crippen molar-refractivity contribution in [2.45, 2.75) is 6.82 Å². The van der Waals surface area contributed by atoms with E-state index in [9.17, 15) is 4.79 Å². The Balaban J connectivity index is 2.26. The number of hydrogen-bond donors (Lipinski definition) is 0. The Bertz CT molecular complexity index is 618. The molecule has 0 aliphatic rings. The maximum atomic E-state index is 12.3. The number of benzene rings is 2. The quantitative estimate of drug-likeness (QED) is 0.352. The summed E-state index contributed by atoms with van der Waals surface area (Å²) in [4.78, 5) is 12.3. The van der Waals surface area contributed by atoms with E-state index in [-0.39, 0.29) is 5.78 Å². The first-order valence-corrected chi connectivity index (χ1v) is 6.83. The van der Waals surface area contributed by atoms with Gasteiger partial charge in [0.05, 0.1) is 7.11 Å². The molecule has 0 saturated carbocycles. The number of carbonyl (C=O) groups is 1. The van der Waals surface area contributed by atoms with E-state index in [1.54, 1.807) is 31.4 Å². The third-order valence-corrected chi connectivity index (χ3v) is 2.99. The minimum atomic E-state index is -0.0926. The highest BCUT2D eigenvalue weighted by Gasteiger charge is 2.08. The summed E-state index contributed by atoms with van der Waals surface area (Å²) in [6.07, 6.45) is 1.53. The monoisotopic (exact) mass is 280 g/mol. The molecule has 0 aliphatic carbocycles. The Kier molecular flexibility index (Phi) is 5.21. The molecule has 0 unspecified atom stereocenters. The Morgan fingerprint density at radius 2 is 1.67 bits per heavy atom. The van der Waals surface area contributed by atoms with Crippen molar-refractivity contribution in [3.8, 4) is 5.75 Å². The van der Waals surface area contributed by atoms with Crippen molar-refractivity contribution in [1.29, 1.82) is 0 Å². The summed E-state index contributed by atoms with van der Waals surface area (Å²) in [6.45, 7) is 1.90. The third kappa shape index (κ3) is 3.99. The first-order chi connectivity index (χ1) is 10.2. The van der Waals surface area contributed by atoms with E-state index in [0.717, 1.165) is 11.3 Å². The highest BCUT2D eigenvalue weighted by atomic mass is 16.5. The van der Waals surface area contributed by atoms with Gasteiger partial charge in [-0.05, 0) is 24.3 Å². The summed E-state index contributed by atoms with van der Waals surface area (Å²) in [6, 6.07) is 16.6. The minimum absolute atomic E-state index is 0.0926. The molecular weight excluding hydrogens is 263 g/mol. The van der Waals surface area contributed by atoms with Crippen LogP contribution in [0.4, 0.5) is 0 Å². The number of allylic oxidation sites excluding steroid dienone is 1. The van der Waals surface area contributed by atoms with Gasteiger partial charge in [-0.15, -0.1) is 0 Å². The Morgan fingerprint density at radius 3 is 2.24 bits per heavy atom. The molecule has 4 heteroatoms. The summed E-state index contributed by atoms with van der Waals surface area (Å²) in [7, 11) is 2.11. The normalized spacial score (nSPS) is 10.9. The molecular formula is C17H17BO3. The van der Waals surface area contributed by atoms with E-state index in [1.807, 2.05) is 37.2 Å². The second-order valence-electron chi connectivity index (χ2n) is 4.40. The van der Waals surface area contributed by atoms with Crippen LogP contribution in [0.25, 0.3) is 5.76 Å².